The molecule has 146 valence electrons. The number of rotatable bonds is 6. The summed E-state index contributed by atoms with van der Waals surface area (Å²) in [7, 11) is 0. The van der Waals surface area contributed by atoms with Crippen LogP contribution in [-0.4, -0.2) is 16.8 Å². The predicted octanol–water partition coefficient (Wildman–Crippen LogP) is 3.38. The van der Waals surface area contributed by atoms with Gasteiger partial charge in [0.2, 0.25) is 5.91 Å². The maximum absolute atomic E-state index is 12.9. The van der Waals surface area contributed by atoms with Crippen molar-refractivity contribution in [1.82, 2.24) is 10.3 Å². The molecule has 0 fully saturated rings. The predicted molar refractivity (Wildman–Crippen MR) is 110 cm³/mol. The Hall–Kier alpha value is -4.00. The molecule has 0 aliphatic rings. The molecule has 0 atom stereocenters. The van der Waals surface area contributed by atoms with Crippen LogP contribution in [0.5, 0.6) is 0 Å². The molecule has 0 saturated heterocycles. The monoisotopic (exact) mass is 390 g/mol. The van der Waals surface area contributed by atoms with E-state index in [1.165, 1.54) is 24.4 Å². The number of nitrogen functional groups attached to an aromatic ring is 1. The third kappa shape index (κ3) is 6.00. The van der Waals surface area contributed by atoms with Crippen molar-refractivity contribution < 1.29 is 14.0 Å². The molecule has 3 aromatic rings. The van der Waals surface area contributed by atoms with Crippen molar-refractivity contribution in [3.05, 3.63) is 95.4 Å². The second kappa shape index (κ2) is 9.27. The van der Waals surface area contributed by atoms with Crippen molar-refractivity contribution >= 4 is 29.4 Å². The van der Waals surface area contributed by atoms with E-state index in [9.17, 15) is 14.0 Å². The average molecular weight is 390 g/mol. The average Bonchev–Trinajstić information content (AvgIpc) is 2.72. The summed E-state index contributed by atoms with van der Waals surface area (Å²) in [6.07, 6.45) is 4.50. The van der Waals surface area contributed by atoms with E-state index in [2.05, 4.69) is 15.6 Å². The molecule has 0 bridgehead atoms. The van der Waals surface area contributed by atoms with E-state index in [1.54, 1.807) is 54.6 Å². The van der Waals surface area contributed by atoms with Gasteiger partial charge in [-0.2, -0.15) is 0 Å². The molecule has 0 saturated carbocycles. The van der Waals surface area contributed by atoms with Gasteiger partial charge in [-0.1, -0.05) is 24.3 Å². The number of carbonyl (C=O) groups excluding carboxylic acids is 2. The number of nitrogens with two attached hydrogens (primary N) is 1. The summed E-state index contributed by atoms with van der Waals surface area (Å²) in [6, 6.07) is 15.9. The van der Waals surface area contributed by atoms with Gasteiger partial charge in [-0.25, -0.2) is 9.37 Å². The summed E-state index contributed by atoms with van der Waals surface area (Å²) in [5.41, 5.74) is 8.21. The van der Waals surface area contributed by atoms with Crippen molar-refractivity contribution in [1.29, 1.82) is 0 Å². The highest BCUT2D eigenvalue weighted by molar-refractivity contribution is 6.04. The number of pyridine rings is 1. The first-order valence-corrected chi connectivity index (χ1v) is 8.83. The number of carbonyl (C=O) groups is 2. The Labute approximate surface area is 167 Å². The lowest BCUT2D eigenvalue weighted by Gasteiger charge is -2.07. The Morgan fingerprint density at radius 1 is 1.03 bits per heavy atom. The van der Waals surface area contributed by atoms with Gasteiger partial charge in [-0.05, 0) is 47.5 Å². The Morgan fingerprint density at radius 2 is 1.76 bits per heavy atom. The molecule has 1 heterocycles. The summed E-state index contributed by atoms with van der Waals surface area (Å²) < 4.78 is 12.9. The molecule has 0 radical (unpaired) electrons. The molecule has 0 unspecified atom stereocenters. The van der Waals surface area contributed by atoms with Gasteiger partial charge < -0.3 is 16.4 Å². The number of aromatic nitrogens is 1. The van der Waals surface area contributed by atoms with E-state index >= 15 is 0 Å². The second-order valence-corrected chi connectivity index (χ2v) is 6.22. The third-order valence-corrected chi connectivity index (χ3v) is 4.02. The number of anilines is 2. The fourth-order valence-electron chi connectivity index (χ4n) is 2.50. The first kappa shape index (κ1) is 19.8. The molecule has 4 N–H and O–H groups in total. The molecule has 2 amide bonds. The maximum Gasteiger partial charge on any atom is 0.255 e. The van der Waals surface area contributed by atoms with E-state index in [0.29, 0.717) is 23.6 Å². The fourth-order valence-corrected chi connectivity index (χ4v) is 2.50. The van der Waals surface area contributed by atoms with Crippen LogP contribution in [0, 0.1) is 5.82 Å². The third-order valence-electron chi connectivity index (χ3n) is 4.02. The van der Waals surface area contributed by atoms with E-state index < -0.39 is 0 Å². The van der Waals surface area contributed by atoms with Gasteiger partial charge in [0, 0.05) is 36.1 Å². The molecule has 6 nitrogen and oxygen atoms in total. The first-order valence-electron chi connectivity index (χ1n) is 8.83. The van der Waals surface area contributed by atoms with Crippen LogP contribution >= 0.6 is 0 Å². The second-order valence-electron chi connectivity index (χ2n) is 6.22. The quantitative estimate of drug-likeness (QED) is 0.562. The van der Waals surface area contributed by atoms with Crippen molar-refractivity contribution in [2.45, 2.75) is 6.54 Å². The van der Waals surface area contributed by atoms with Crippen LogP contribution in [-0.2, 0) is 11.3 Å². The zero-order valence-corrected chi connectivity index (χ0v) is 15.4. The molecule has 3 rings (SSSR count). The van der Waals surface area contributed by atoms with Crippen LogP contribution in [0.2, 0.25) is 0 Å². The van der Waals surface area contributed by atoms with Crippen molar-refractivity contribution in [2.75, 3.05) is 11.1 Å². The zero-order valence-electron chi connectivity index (χ0n) is 15.4. The van der Waals surface area contributed by atoms with Crippen molar-refractivity contribution in [3.8, 4) is 0 Å². The van der Waals surface area contributed by atoms with Crippen LogP contribution in [0.15, 0.2) is 72.9 Å². The lowest BCUT2D eigenvalue weighted by Crippen LogP contribution is -2.20. The van der Waals surface area contributed by atoms with Crippen molar-refractivity contribution in [2.24, 2.45) is 0 Å². The Balaban J connectivity index is 1.51. The molecule has 0 aliphatic heterocycles. The van der Waals surface area contributed by atoms with E-state index in [1.807, 2.05) is 0 Å². The van der Waals surface area contributed by atoms with E-state index in [0.717, 1.165) is 11.1 Å². The minimum absolute atomic E-state index is 0.270. The topological polar surface area (TPSA) is 97.1 Å². The first-order chi connectivity index (χ1) is 14.0. The number of nitrogens with zero attached hydrogens (tertiary/aromatic N) is 1. The summed E-state index contributed by atoms with van der Waals surface area (Å²) in [5, 5.41) is 5.50. The standard InChI is InChI=1S/C22H19FN4O2/c23-18-8-3-15(4-9-18)5-10-21(28)26-14-16-1-6-17(7-2-16)22(29)27-19-11-12-25-20(24)13-19/h1-13H,14H2,(H,26,28)(H3,24,25,27,29)/b10-5+. The van der Waals surface area contributed by atoms with Gasteiger partial charge in [-0.15, -0.1) is 0 Å². The zero-order chi connectivity index (χ0) is 20.6. The SMILES string of the molecule is Nc1cc(NC(=O)c2ccc(CNC(=O)/C=C/c3ccc(F)cc3)cc2)ccn1. The summed E-state index contributed by atoms with van der Waals surface area (Å²) in [4.78, 5) is 28.1. The van der Waals surface area contributed by atoms with E-state index in [-0.39, 0.29) is 17.6 Å². The molecular weight excluding hydrogens is 371 g/mol. The molecular formula is C22H19FN4O2. The van der Waals surface area contributed by atoms with Crippen LogP contribution in [0.3, 0.4) is 0 Å². The fraction of sp³-hybridized carbons (Fsp3) is 0.0455. The number of benzene rings is 2. The van der Waals surface area contributed by atoms with Gasteiger partial charge in [-0.3, -0.25) is 9.59 Å². The van der Waals surface area contributed by atoms with Gasteiger partial charge in [0.25, 0.3) is 5.91 Å². The van der Waals surface area contributed by atoms with Crippen molar-refractivity contribution in [3.63, 3.8) is 0 Å². The summed E-state index contributed by atoms with van der Waals surface area (Å²) >= 11 is 0. The lowest BCUT2D eigenvalue weighted by atomic mass is 10.1. The smallest absolute Gasteiger partial charge is 0.255 e. The van der Waals surface area contributed by atoms with Gasteiger partial charge in [0.05, 0.1) is 0 Å². The molecule has 0 spiro atoms. The highest BCUT2D eigenvalue weighted by atomic mass is 19.1. The minimum Gasteiger partial charge on any atom is -0.384 e. The largest absolute Gasteiger partial charge is 0.384 e. The summed E-state index contributed by atoms with van der Waals surface area (Å²) in [6.45, 7) is 0.315. The van der Waals surface area contributed by atoms with Crippen LogP contribution in [0.25, 0.3) is 6.08 Å². The Morgan fingerprint density at radius 3 is 2.45 bits per heavy atom. The molecule has 29 heavy (non-hydrogen) atoms. The lowest BCUT2D eigenvalue weighted by molar-refractivity contribution is -0.116. The number of nitrogens with one attached hydrogen (secondary N) is 2. The Kier molecular flexibility index (Phi) is 6.32. The summed E-state index contributed by atoms with van der Waals surface area (Å²) in [5.74, 6) is -0.546. The molecule has 1 aromatic heterocycles. The number of halogens is 1. The van der Waals surface area contributed by atoms with Gasteiger partial charge >= 0.3 is 0 Å². The number of hydrogen-bond donors (Lipinski definition) is 3. The Bertz CT molecular complexity index is 1030. The van der Waals surface area contributed by atoms with Crippen LogP contribution in [0.4, 0.5) is 15.9 Å². The van der Waals surface area contributed by atoms with Gasteiger partial charge in [0.1, 0.15) is 11.6 Å². The highest BCUT2D eigenvalue weighted by Crippen LogP contribution is 2.12. The maximum atomic E-state index is 12.9. The van der Waals surface area contributed by atoms with E-state index in [4.69, 9.17) is 5.73 Å². The highest BCUT2D eigenvalue weighted by Gasteiger charge is 2.07. The minimum atomic E-state index is -0.325. The van der Waals surface area contributed by atoms with Gasteiger partial charge in [0.15, 0.2) is 0 Å². The normalized spacial score (nSPS) is 10.7. The number of amides is 2. The molecule has 2 aromatic carbocycles. The molecule has 7 heteroatoms. The van der Waals surface area contributed by atoms with Crippen LogP contribution in [0.1, 0.15) is 21.5 Å². The van der Waals surface area contributed by atoms with Crippen LogP contribution < -0.4 is 16.4 Å². The number of hydrogen-bond acceptors (Lipinski definition) is 4. The molecule has 0 aliphatic carbocycles.